The van der Waals surface area contributed by atoms with E-state index in [2.05, 4.69) is 16.0 Å². The number of nitrogens with one attached hydrogen (secondary N) is 3. The van der Waals surface area contributed by atoms with E-state index in [1.807, 2.05) is 19.1 Å². The lowest BCUT2D eigenvalue weighted by molar-refractivity contribution is -0.132. The molecule has 0 aliphatic rings. The zero-order valence-corrected chi connectivity index (χ0v) is 12.6. The van der Waals surface area contributed by atoms with Gasteiger partial charge in [0.2, 0.25) is 0 Å². The van der Waals surface area contributed by atoms with Crippen molar-refractivity contribution in [3.63, 3.8) is 0 Å². The number of hydrogen-bond donors (Lipinski definition) is 3. The van der Waals surface area contributed by atoms with Gasteiger partial charge >= 0.3 is 11.8 Å². The summed E-state index contributed by atoms with van der Waals surface area (Å²) in [6, 6.07) is 15.4. The van der Waals surface area contributed by atoms with Crippen LogP contribution in [-0.4, -0.2) is 18.4 Å². The lowest BCUT2D eigenvalue weighted by atomic mass is 10.2. The molecule has 0 fully saturated rings. The van der Waals surface area contributed by atoms with Crippen LogP contribution < -0.4 is 16.0 Å². The minimum Gasteiger partial charge on any atom is -0.385 e. The molecule has 0 saturated heterocycles. The van der Waals surface area contributed by atoms with Crippen LogP contribution in [0.3, 0.4) is 0 Å². The Morgan fingerprint density at radius 1 is 0.957 bits per heavy atom. The highest BCUT2D eigenvalue weighted by atomic mass is 16.2. The summed E-state index contributed by atoms with van der Waals surface area (Å²) in [6.45, 7) is 2.72. The van der Waals surface area contributed by atoms with Crippen molar-refractivity contribution in [3.05, 3.63) is 54.1 Å². The second-order valence-corrected chi connectivity index (χ2v) is 4.71. The van der Waals surface area contributed by atoms with Gasteiger partial charge in [-0.25, -0.2) is 0 Å². The van der Waals surface area contributed by atoms with Crippen molar-refractivity contribution in [2.45, 2.75) is 6.92 Å². The van der Waals surface area contributed by atoms with Crippen molar-refractivity contribution in [1.82, 2.24) is 0 Å². The Labute approximate surface area is 134 Å². The maximum absolute atomic E-state index is 11.9. The molecular formula is C17H16N4O2. The van der Waals surface area contributed by atoms with Crippen LogP contribution in [0.25, 0.3) is 0 Å². The third-order valence-corrected chi connectivity index (χ3v) is 2.96. The van der Waals surface area contributed by atoms with E-state index in [4.69, 9.17) is 5.26 Å². The number of benzene rings is 2. The average Bonchev–Trinajstić information content (AvgIpc) is 2.55. The Kier molecular flexibility index (Phi) is 5.31. The third-order valence-electron chi connectivity index (χ3n) is 2.96. The van der Waals surface area contributed by atoms with E-state index in [1.54, 1.807) is 36.4 Å². The van der Waals surface area contributed by atoms with Gasteiger partial charge in [-0.1, -0.05) is 12.1 Å². The van der Waals surface area contributed by atoms with Crippen LogP contribution in [0.5, 0.6) is 0 Å². The molecule has 6 nitrogen and oxygen atoms in total. The summed E-state index contributed by atoms with van der Waals surface area (Å²) >= 11 is 0. The van der Waals surface area contributed by atoms with Gasteiger partial charge in [0.15, 0.2) is 0 Å². The molecule has 0 atom stereocenters. The smallest absolute Gasteiger partial charge is 0.314 e. The molecule has 0 aromatic heterocycles. The van der Waals surface area contributed by atoms with Crippen molar-refractivity contribution in [1.29, 1.82) is 5.26 Å². The van der Waals surface area contributed by atoms with Gasteiger partial charge in [-0.2, -0.15) is 5.26 Å². The molecule has 116 valence electrons. The monoisotopic (exact) mass is 308 g/mol. The highest BCUT2D eigenvalue weighted by molar-refractivity contribution is 6.43. The number of nitriles is 1. The third kappa shape index (κ3) is 4.58. The quantitative estimate of drug-likeness (QED) is 0.757. The van der Waals surface area contributed by atoms with Gasteiger partial charge in [-0.05, 0) is 43.3 Å². The number of amides is 2. The van der Waals surface area contributed by atoms with Crippen molar-refractivity contribution in [3.8, 4) is 6.07 Å². The maximum Gasteiger partial charge on any atom is 0.314 e. The topological polar surface area (TPSA) is 94.0 Å². The van der Waals surface area contributed by atoms with Gasteiger partial charge in [0, 0.05) is 23.6 Å². The number of carbonyl (C=O) groups excluding carboxylic acids is 2. The molecule has 0 saturated carbocycles. The molecule has 0 unspecified atom stereocenters. The molecular weight excluding hydrogens is 292 g/mol. The molecule has 6 heteroatoms. The first kappa shape index (κ1) is 16.0. The second kappa shape index (κ2) is 7.61. The first-order chi connectivity index (χ1) is 11.1. The Morgan fingerprint density at radius 2 is 1.52 bits per heavy atom. The van der Waals surface area contributed by atoms with Gasteiger partial charge < -0.3 is 16.0 Å². The lowest BCUT2D eigenvalue weighted by Crippen LogP contribution is -2.29. The predicted octanol–water partition coefficient (Wildman–Crippen LogP) is 2.57. The summed E-state index contributed by atoms with van der Waals surface area (Å²) in [5.74, 6) is -1.57. The lowest BCUT2D eigenvalue weighted by Gasteiger charge is -2.09. The number of carbonyl (C=O) groups is 2. The van der Waals surface area contributed by atoms with E-state index >= 15 is 0 Å². The molecule has 0 heterocycles. The SMILES string of the molecule is CCNc1cccc(NC(=O)C(=O)Nc2cccc(C#N)c2)c1. The van der Waals surface area contributed by atoms with E-state index in [1.165, 1.54) is 6.07 Å². The zero-order chi connectivity index (χ0) is 16.7. The van der Waals surface area contributed by atoms with Gasteiger partial charge in [-0.3, -0.25) is 9.59 Å². The molecule has 23 heavy (non-hydrogen) atoms. The first-order valence-corrected chi connectivity index (χ1v) is 7.09. The largest absolute Gasteiger partial charge is 0.385 e. The highest BCUT2D eigenvalue weighted by Gasteiger charge is 2.14. The number of nitrogens with zero attached hydrogens (tertiary/aromatic N) is 1. The van der Waals surface area contributed by atoms with E-state index in [9.17, 15) is 9.59 Å². The standard InChI is InChI=1S/C17H16N4O2/c1-2-19-13-6-4-8-15(10-13)21-17(23)16(22)20-14-7-3-5-12(9-14)11-18/h3-10,19H,2H2,1H3,(H,20,22)(H,21,23). The fraction of sp³-hybridized carbons (Fsp3) is 0.118. The highest BCUT2D eigenvalue weighted by Crippen LogP contribution is 2.15. The Morgan fingerprint density at radius 3 is 2.13 bits per heavy atom. The van der Waals surface area contributed by atoms with E-state index in [0.717, 1.165) is 12.2 Å². The Hall–Kier alpha value is -3.33. The van der Waals surface area contributed by atoms with Crippen LogP contribution in [0.1, 0.15) is 12.5 Å². The van der Waals surface area contributed by atoms with E-state index in [-0.39, 0.29) is 0 Å². The van der Waals surface area contributed by atoms with E-state index in [0.29, 0.717) is 16.9 Å². The van der Waals surface area contributed by atoms with Crippen LogP contribution in [0.15, 0.2) is 48.5 Å². The molecule has 3 N–H and O–H groups in total. The van der Waals surface area contributed by atoms with Crippen molar-refractivity contribution in [2.24, 2.45) is 0 Å². The molecule has 0 aliphatic carbocycles. The zero-order valence-electron chi connectivity index (χ0n) is 12.6. The van der Waals surface area contributed by atoms with Crippen molar-refractivity contribution in [2.75, 3.05) is 22.5 Å². The van der Waals surface area contributed by atoms with E-state index < -0.39 is 11.8 Å². The van der Waals surface area contributed by atoms with Crippen LogP contribution >= 0.6 is 0 Å². The second-order valence-electron chi connectivity index (χ2n) is 4.71. The Bertz CT molecular complexity index is 765. The normalized spacial score (nSPS) is 9.57. The van der Waals surface area contributed by atoms with Crippen LogP contribution in [0.4, 0.5) is 17.1 Å². The molecule has 2 aromatic rings. The van der Waals surface area contributed by atoms with Gasteiger partial charge in [-0.15, -0.1) is 0 Å². The summed E-state index contributed by atoms with van der Waals surface area (Å²) in [6.07, 6.45) is 0. The minimum atomic E-state index is -0.797. The van der Waals surface area contributed by atoms with Gasteiger partial charge in [0.25, 0.3) is 0 Å². The minimum absolute atomic E-state index is 0.394. The van der Waals surface area contributed by atoms with Gasteiger partial charge in [0.05, 0.1) is 11.6 Å². The summed E-state index contributed by atoms with van der Waals surface area (Å²) in [5.41, 5.74) is 2.17. The summed E-state index contributed by atoms with van der Waals surface area (Å²) < 4.78 is 0. The Balaban J connectivity index is 2.01. The molecule has 0 spiro atoms. The van der Waals surface area contributed by atoms with Crippen LogP contribution in [0.2, 0.25) is 0 Å². The summed E-state index contributed by atoms with van der Waals surface area (Å²) in [5, 5.41) is 16.9. The van der Waals surface area contributed by atoms with Crippen LogP contribution in [0, 0.1) is 11.3 Å². The molecule has 0 radical (unpaired) electrons. The number of anilines is 3. The maximum atomic E-state index is 11.9. The first-order valence-electron chi connectivity index (χ1n) is 7.09. The van der Waals surface area contributed by atoms with Crippen molar-refractivity contribution >= 4 is 28.9 Å². The molecule has 0 bridgehead atoms. The fourth-order valence-corrected chi connectivity index (χ4v) is 1.95. The predicted molar refractivity (Wildman–Crippen MR) is 89.0 cm³/mol. The number of rotatable bonds is 4. The molecule has 2 aromatic carbocycles. The molecule has 2 rings (SSSR count). The summed E-state index contributed by atoms with van der Waals surface area (Å²) in [4.78, 5) is 23.8. The van der Waals surface area contributed by atoms with Gasteiger partial charge in [0.1, 0.15) is 0 Å². The molecule has 0 aliphatic heterocycles. The summed E-state index contributed by atoms with van der Waals surface area (Å²) in [7, 11) is 0. The average molecular weight is 308 g/mol. The molecule has 2 amide bonds. The van der Waals surface area contributed by atoms with Crippen LogP contribution in [-0.2, 0) is 9.59 Å². The van der Waals surface area contributed by atoms with Crippen molar-refractivity contribution < 1.29 is 9.59 Å². The number of hydrogen-bond acceptors (Lipinski definition) is 4. The fourth-order valence-electron chi connectivity index (χ4n) is 1.95.